The van der Waals surface area contributed by atoms with Crippen molar-refractivity contribution in [2.24, 2.45) is 13.0 Å². The number of carboxylic acid groups (broad SMARTS) is 1. The van der Waals surface area contributed by atoms with Gasteiger partial charge in [0.25, 0.3) is 11.8 Å². The van der Waals surface area contributed by atoms with Crippen molar-refractivity contribution in [2.45, 2.75) is 177 Å². The molecule has 3 aromatic rings. The fourth-order valence-electron chi connectivity index (χ4n) is 9.66. The molecular formula is C62H94N14O26. The summed E-state index contributed by atoms with van der Waals surface area (Å²) in [6.45, 7) is 3.81. The number of carbonyl (C=O) groups is 12. The molecule has 2 aromatic heterocycles. The zero-order valence-electron chi connectivity index (χ0n) is 57.6. The molecule has 0 radical (unpaired) electrons. The van der Waals surface area contributed by atoms with Gasteiger partial charge < -0.3 is 129 Å². The highest BCUT2D eigenvalue weighted by molar-refractivity contribution is 5.98. The number of rotatable bonds is 41. The summed E-state index contributed by atoms with van der Waals surface area (Å²) in [5.74, 6) is -16.4. The van der Waals surface area contributed by atoms with Crippen LogP contribution < -0.4 is 58.6 Å². The topological polar surface area (TPSA) is 620 Å². The number of carboxylic acids is 1. The van der Waals surface area contributed by atoms with E-state index in [1.807, 2.05) is 0 Å². The molecule has 0 saturated carbocycles. The number of ether oxygens (including phenoxy) is 1. The number of hydrogen-bond donors (Lipinski definition) is 22. The summed E-state index contributed by atoms with van der Waals surface area (Å²) in [5.41, 5.74) is -5.02. The highest BCUT2D eigenvalue weighted by Crippen LogP contribution is 2.20. The zero-order chi connectivity index (χ0) is 77.4. The number of imidazole rings is 1. The lowest BCUT2D eigenvalue weighted by atomic mass is 9.94. The number of nitrogens with zero attached hydrogens (tertiary/aromatic N) is 4. The molecule has 0 aliphatic carbocycles. The van der Waals surface area contributed by atoms with Crippen molar-refractivity contribution >= 4 is 70.9 Å². The second kappa shape index (κ2) is 39.4. The molecule has 40 nitrogen and oxygen atoms in total. The molecule has 0 spiro atoms. The maximum atomic E-state index is 14.1. The highest BCUT2D eigenvalue weighted by atomic mass is 16.5. The molecule has 0 fully saturated rings. The maximum Gasteiger partial charge on any atom is 0.326 e. The fourth-order valence-corrected chi connectivity index (χ4v) is 9.66. The summed E-state index contributed by atoms with van der Waals surface area (Å²) >= 11 is 0. The van der Waals surface area contributed by atoms with Crippen LogP contribution in [0.1, 0.15) is 90.8 Å². The van der Waals surface area contributed by atoms with Crippen LogP contribution in [0.15, 0.2) is 59.9 Å². The van der Waals surface area contributed by atoms with Gasteiger partial charge in [0, 0.05) is 46.7 Å². The molecule has 15 atom stereocenters. The first-order valence-electron chi connectivity index (χ1n) is 31.7. The largest absolute Gasteiger partial charge is 0.503 e. The van der Waals surface area contributed by atoms with Gasteiger partial charge in [0.05, 0.1) is 73.7 Å². The third kappa shape index (κ3) is 25.4. The number of aromatic hydroxyl groups is 1. The van der Waals surface area contributed by atoms with Crippen molar-refractivity contribution in [3.63, 3.8) is 0 Å². The Labute approximate surface area is 583 Å². The molecular weight excluding hydrogens is 1360 g/mol. The number of carbonyl (C=O) groups excluding carboxylic acids is 11. The van der Waals surface area contributed by atoms with E-state index in [2.05, 4.69) is 58.2 Å². The van der Waals surface area contributed by atoms with Crippen LogP contribution in [0.2, 0.25) is 0 Å². The summed E-state index contributed by atoms with van der Waals surface area (Å²) in [5, 5.41) is 148. The molecule has 22 N–H and O–H groups in total. The molecule has 0 aliphatic heterocycles. The Balaban J connectivity index is 1.74. The molecule has 2 heterocycles. The smallest absolute Gasteiger partial charge is 0.326 e. The average Bonchev–Trinajstić information content (AvgIpc) is 0.921. The van der Waals surface area contributed by atoms with Crippen LogP contribution in [0.3, 0.4) is 0 Å². The van der Waals surface area contributed by atoms with Crippen LogP contribution in [0.25, 0.3) is 0 Å². The van der Waals surface area contributed by atoms with Gasteiger partial charge in [-0.2, -0.15) is 4.73 Å². The highest BCUT2D eigenvalue weighted by Gasteiger charge is 2.44. The Morgan fingerprint density at radius 1 is 0.676 bits per heavy atom. The van der Waals surface area contributed by atoms with E-state index in [1.54, 1.807) is 37.3 Å². The van der Waals surface area contributed by atoms with Gasteiger partial charge in [0.2, 0.25) is 58.6 Å². The normalized spacial score (nSPS) is 16.0. The van der Waals surface area contributed by atoms with Crippen LogP contribution >= 0.6 is 0 Å². The van der Waals surface area contributed by atoms with Gasteiger partial charge in [-0.25, -0.2) is 9.78 Å². The number of benzene rings is 1. The van der Waals surface area contributed by atoms with Crippen molar-refractivity contribution in [1.82, 2.24) is 72.3 Å². The molecule has 0 bridgehead atoms. The van der Waals surface area contributed by atoms with E-state index in [0.717, 1.165) is 59.7 Å². The Hall–Kier alpha value is -9.78. The van der Waals surface area contributed by atoms with Gasteiger partial charge >= 0.3 is 5.97 Å². The third-order valence-electron chi connectivity index (χ3n) is 16.1. The SMILES string of the molecule is CC[C@H](C)[C@H](NC(=O)[C@@H](NC(=O)[C@H](CO)NC(=O)[C@@H](NC(=O)CNC(=O)[C@H](Cc1ccccc1)N(C)C(=O)[C@@H](O)[C@@H](O)[C@H](CNC(=O)[C@H](NC(=O)[C@H](O)[C@H](C)O)[C@H](O)c1cncn1C)OC)C(C)(C)O)C(C)(C)O)C(=O)N[C@@H](CO)C(=O)N[C@@H](CCC(=O)NCc1cc(=O)c(O)cn1O)C(=O)O. The number of hydrogen-bond acceptors (Lipinski definition) is 26. The summed E-state index contributed by atoms with van der Waals surface area (Å²) < 4.78 is 6.96. The van der Waals surface area contributed by atoms with E-state index in [-0.39, 0.29) is 24.2 Å². The Morgan fingerprint density at radius 2 is 1.23 bits per heavy atom. The quantitative estimate of drug-likeness (QED) is 0.0235. The first kappa shape index (κ1) is 86.4. The van der Waals surface area contributed by atoms with Crippen molar-refractivity contribution in [2.75, 3.05) is 40.5 Å². The lowest BCUT2D eigenvalue weighted by Crippen LogP contribution is -2.66. The number of likely N-dealkylation sites (N-methyl/N-ethyl adjacent to an activating group) is 1. The minimum Gasteiger partial charge on any atom is -0.503 e. The zero-order valence-corrected chi connectivity index (χ0v) is 57.6. The minimum absolute atomic E-state index is 0.0143. The molecule has 3 rings (SSSR count). The second-order valence-corrected chi connectivity index (χ2v) is 25.1. The second-order valence-electron chi connectivity index (χ2n) is 25.1. The minimum atomic E-state index is -2.41. The number of aromatic nitrogens is 3. The summed E-state index contributed by atoms with van der Waals surface area (Å²) in [6, 6.07) is -6.11. The number of aliphatic hydroxyl groups is 9. The third-order valence-corrected chi connectivity index (χ3v) is 16.1. The predicted molar refractivity (Wildman–Crippen MR) is 349 cm³/mol. The van der Waals surface area contributed by atoms with E-state index >= 15 is 0 Å². The Kier molecular flexibility index (Phi) is 33.4. The number of aliphatic carboxylic acids is 1. The molecule has 568 valence electrons. The number of aliphatic hydroxyl groups excluding tert-OH is 7. The van der Waals surface area contributed by atoms with Gasteiger partial charge in [-0.3, -0.25) is 57.5 Å². The van der Waals surface area contributed by atoms with Crippen molar-refractivity contribution in [1.29, 1.82) is 0 Å². The van der Waals surface area contributed by atoms with Crippen LogP contribution in [0.5, 0.6) is 5.75 Å². The van der Waals surface area contributed by atoms with Crippen molar-refractivity contribution in [3.8, 4) is 5.75 Å². The predicted octanol–water partition coefficient (Wildman–Crippen LogP) is -9.51. The Morgan fingerprint density at radius 3 is 1.75 bits per heavy atom. The van der Waals surface area contributed by atoms with Crippen molar-refractivity contribution in [3.05, 3.63) is 82.3 Å². The number of amides is 11. The van der Waals surface area contributed by atoms with Gasteiger partial charge in [-0.15, -0.1) is 0 Å². The van der Waals surface area contributed by atoms with Gasteiger partial charge in [0.1, 0.15) is 66.6 Å². The van der Waals surface area contributed by atoms with E-state index in [9.17, 15) is 124 Å². The van der Waals surface area contributed by atoms with E-state index in [0.29, 0.717) is 16.5 Å². The molecule has 11 amide bonds. The van der Waals surface area contributed by atoms with Crippen LogP contribution in [-0.2, 0) is 82.3 Å². The molecule has 102 heavy (non-hydrogen) atoms. The van der Waals surface area contributed by atoms with Crippen LogP contribution in [0, 0.1) is 5.92 Å². The van der Waals surface area contributed by atoms with Gasteiger partial charge in [0.15, 0.2) is 18.0 Å². The molecule has 40 heteroatoms. The molecule has 0 saturated heterocycles. The molecule has 0 unspecified atom stereocenters. The van der Waals surface area contributed by atoms with E-state index in [1.165, 1.54) is 31.1 Å². The van der Waals surface area contributed by atoms with Crippen LogP contribution in [0.4, 0.5) is 0 Å². The Bertz CT molecular complexity index is 3450. The summed E-state index contributed by atoms with van der Waals surface area (Å²) in [7, 11) is 3.56. The number of pyridine rings is 1. The van der Waals surface area contributed by atoms with E-state index in [4.69, 9.17) is 4.74 Å². The molecule has 0 aliphatic rings. The fraction of sp³-hybridized carbons (Fsp3) is 0.581. The average molecular weight is 1450 g/mol. The number of methoxy groups -OCH3 is 1. The molecule has 1 aromatic carbocycles. The van der Waals surface area contributed by atoms with Gasteiger partial charge in [-0.05, 0) is 52.5 Å². The van der Waals surface area contributed by atoms with Crippen LogP contribution in [-0.4, -0.2) is 282 Å². The standard InChI is InChI=1S/C62H94N14O26/c1-11-29(2)43(55(92)68-34(26-77)51(88)67-33(60(97)98)17-18-41(82)64-21-32-20-38(80)39(81)25-76(32)101)71-58(95)50(62(6,7)100)73-52(89)35(27-78)69-57(94)49(61(4,5)99)70-42(83)24-66-53(90)36(19-31-15-13-12-14-16-31)75(9)59(96)48(87)47(86)40(102-10)23-65-54(91)44(72-56(93)45(84)30(3)79)46(85)37-22-63-28-74(37)8/h12-16,20,22,25,28-30,33-36,40,43-50,77-79,81,84-87,99-101H,11,17-19,21,23-24,26-27H2,1-10H3,(H,64,82)(H,65,91)(H,66,90)(H,67,88)(H,68,92)(H,69,94)(H,70,83)(H,71,95)(H,72,93)(H,73,89)(H,97,98)/t29-,30-,33-,34-,35-,36-,40-,43-,44+,45+,46+,47-,48-,49+,50+/m0/s1. The van der Waals surface area contributed by atoms with Gasteiger partial charge in [-0.1, -0.05) is 50.6 Å². The van der Waals surface area contributed by atoms with E-state index < -0.39 is 230 Å². The number of nitrogens with one attached hydrogen (secondary N) is 10. The maximum absolute atomic E-state index is 14.1. The monoisotopic (exact) mass is 1450 g/mol. The first-order valence-corrected chi connectivity index (χ1v) is 31.7. The first-order chi connectivity index (χ1) is 47.5. The lowest BCUT2D eigenvalue weighted by molar-refractivity contribution is -0.156. The summed E-state index contributed by atoms with van der Waals surface area (Å²) in [6.07, 6.45) is -9.84. The number of aryl methyl sites for hydroxylation is 1. The lowest BCUT2D eigenvalue weighted by Gasteiger charge is -2.34. The summed E-state index contributed by atoms with van der Waals surface area (Å²) in [4.78, 5) is 178. The van der Waals surface area contributed by atoms with Crippen molar-refractivity contribution < 1.29 is 124 Å².